The predicted octanol–water partition coefficient (Wildman–Crippen LogP) is 6.12. The molecular weight excluding hydrogens is 387 g/mol. The van der Waals surface area contributed by atoms with Crippen LogP contribution in [0.25, 0.3) is 16.9 Å². The maximum Gasteiger partial charge on any atom is 0.255 e. The van der Waals surface area contributed by atoms with E-state index in [1.807, 2.05) is 52.8 Å². The Labute approximate surface area is 175 Å². The number of amides is 1. The van der Waals surface area contributed by atoms with E-state index < -0.39 is 0 Å². The van der Waals surface area contributed by atoms with Crippen LogP contribution in [-0.4, -0.2) is 28.5 Å². The summed E-state index contributed by atoms with van der Waals surface area (Å²) in [6.45, 7) is 5.71. The van der Waals surface area contributed by atoms with Crippen molar-refractivity contribution in [3.8, 4) is 16.9 Å². The smallest absolute Gasteiger partial charge is 0.255 e. The van der Waals surface area contributed by atoms with Gasteiger partial charge in [-0.2, -0.15) is 0 Å². The van der Waals surface area contributed by atoms with Crippen molar-refractivity contribution < 1.29 is 9.18 Å². The maximum atomic E-state index is 14.0. The number of hydrogen-bond acceptors (Lipinski definition) is 1. The Bertz CT molecular complexity index is 1030. The van der Waals surface area contributed by atoms with Crippen molar-refractivity contribution >= 4 is 17.5 Å². The number of carbonyl (C=O) groups excluding carboxylic acids is 1. The second kappa shape index (κ2) is 8.03. The van der Waals surface area contributed by atoms with E-state index in [0.29, 0.717) is 22.2 Å². The number of hydrogen-bond donors (Lipinski definition) is 0. The summed E-state index contributed by atoms with van der Waals surface area (Å²) < 4.78 is 15.9. The molecule has 1 saturated heterocycles. The van der Waals surface area contributed by atoms with Gasteiger partial charge in [0.15, 0.2) is 0 Å². The van der Waals surface area contributed by atoms with E-state index in [1.54, 1.807) is 6.07 Å². The summed E-state index contributed by atoms with van der Waals surface area (Å²) in [5.74, 6) is 0.386. The third-order valence-corrected chi connectivity index (χ3v) is 6.01. The van der Waals surface area contributed by atoms with E-state index in [1.165, 1.54) is 12.1 Å². The third kappa shape index (κ3) is 3.95. The van der Waals surface area contributed by atoms with E-state index in [2.05, 4.69) is 6.92 Å². The van der Waals surface area contributed by atoms with E-state index in [-0.39, 0.29) is 11.7 Å². The Kier molecular flexibility index (Phi) is 5.46. The van der Waals surface area contributed by atoms with Gasteiger partial charge < -0.3 is 9.47 Å². The molecule has 0 saturated carbocycles. The number of nitrogens with zero attached hydrogens (tertiary/aromatic N) is 2. The molecule has 4 rings (SSSR count). The number of halogens is 2. The van der Waals surface area contributed by atoms with Crippen molar-refractivity contribution in [3.05, 3.63) is 76.7 Å². The van der Waals surface area contributed by atoms with Gasteiger partial charge in [0.1, 0.15) is 5.82 Å². The Morgan fingerprint density at radius 3 is 2.41 bits per heavy atom. The Hall–Kier alpha value is -2.59. The molecule has 1 aliphatic heterocycles. The van der Waals surface area contributed by atoms with Crippen molar-refractivity contribution in [2.75, 3.05) is 13.1 Å². The minimum Gasteiger partial charge on any atom is -0.339 e. The summed E-state index contributed by atoms with van der Waals surface area (Å²) in [5.41, 5.74) is 3.93. The highest BCUT2D eigenvalue weighted by molar-refractivity contribution is 6.30. The summed E-state index contributed by atoms with van der Waals surface area (Å²) in [6.07, 6.45) is 2.05. The van der Waals surface area contributed by atoms with Crippen LogP contribution in [0.2, 0.25) is 5.02 Å². The first-order chi connectivity index (χ1) is 13.9. The molecule has 29 heavy (non-hydrogen) atoms. The van der Waals surface area contributed by atoms with Gasteiger partial charge in [0, 0.05) is 29.5 Å². The second-order valence-corrected chi connectivity index (χ2v) is 8.26. The molecule has 5 heteroatoms. The quantitative estimate of drug-likeness (QED) is 0.510. The minimum absolute atomic E-state index is 0.0415. The van der Waals surface area contributed by atoms with Crippen LogP contribution in [-0.2, 0) is 0 Å². The van der Waals surface area contributed by atoms with Crippen molar-refractivity contribution in [2.24, 2.45) is 5.92 Å². The highest BCUT2D eigenvalue weighted by Crippen LogP contribution is 2.32. The number of carbonyl (C=O) groups is 1. The van der Waals surface area contributed by atoms with Crippen molar-refractivity contribution in [3.63, 3.8) is 0 Å². The van der Waals surface area contributed by atoms with Gasteiger partial charge in [-0.05, 0) is 67.6 Å². The molecule has 1 amide bonds. The SMILES string of the molecule is Cc1c(C(=O)N2CCC(C)CC2)cc(-c2ccc(Cl)cc2)n1-c1cccc(F)c1. The number of aromatic nitrogens is 1. The van der Waals surface area contributed by atoms with Crippen LogP contribution in [0.3, 0.4) is 0 Å². The van der Waals surface area contributed by atoms with Gasteiger partial charge in [0.2, 0.25) is 0 Å². The Morgan fingerprint density at radius 1 is 1.07 bits per heavy atom. The lowest BCUT2D eigenvalue weighted by Gasteiger charge is -2.30. The first-order valence-electron chi connectivity index (χ1n) is 9.97. The van der Waals surface area contributed by atoms with Crippen LogP contribution in [0, 0.1) is 18.7 Å². The molecule has 0 aliphatic carbocycles. The molecule has 1 fully saturated rings. The lowest BCUT2D eigenvalue weighted by Crippen LogP contribution is -2.38. The zero-order valence-corrected chi connectivity index (χ0v) is 17.4. The Balaban J connectivity index is 1.82. The topological polar surface area (TPSA) is 25.2 Å². The summed E-state index contributed by atoms with van der Waals surface area (Å²) >= 11 is 6.06. The van der Waals surface area contributed by atoms with E-state index in [0.717, 1.165) is 42.9 Å². The van der Waals surface area contributed by atoms with Crippen LogP contribution in [0.1, 0.15) is 35.8 Å². The summed E-state index contributed by atoms with van der Waals surface area (Å²) in [6, 6.07) is 15.9. The first-order valence-corrected chi connectivity index (χ1v) is 10.4. The standard InChI is InChI=1S/C24H24ClFN2O/c1-16-10-12-27(13-11-16)24(29)22-15-23(18-6-8-19(25)9-7-18)28(17(22)2)21-5-3-4-20(26)14-21/h3-9,14-16H,10-13H2,1-2H3. The average molecular weight is 411 g/mol. The molecule has 0 unspecified atom stereocenters. The molecule has 3 nitrogen and oxygen atoms in total. The highest BCUT2D eigenvalue weighted by atomic mass is 35.5. The van der Waals surface area contributed by atoms with Crippen LogP contribution in [0.15, 0.2) is 54.6 Å². The van der Waals surface area contributed by atoms with Gasteiger partial charge in [-0.25, -0.2) is 4.39 Å². The number of likely N-dealkylation sites (tertiary alicyclic amines) is 1. The summed E-state index contributed by atoms with van der Waals surface area (Å²) in [7, 11) is 0. The van der Waals surface area contributed by atoms with Crippen molar-refractivity contribution in [1.29, 1.82) is 0 Å². The molecule has 2 aromatic carbocycles. The third-order valence-electron chi connectivity index (χ3n) is 5.75. The second-order valence-electron chi connectivity index (χ2n) is 7.83. The van der Waals surface area contributed by atoms with Crippen LogP contribution < -0.4 is 0 Å². The van der Waals surface area contributed by atoms with Gasteiger partial charge in [-0.1, -0.05) is 36.7 Å². The zero-order chi connectivity index (χ0) is 20.5. The molecule has 0 radical (unpaired) electrons. The zero-order valence-electron chi connectivity index (χ0n) is 16.7. The van der Waals surface area contributed by atoms with Gasteiger partial charge in [-0.15, -0.1) is 0 Å². The summed E-state index contributed by atoms with van der Waals surface area (Å²) in [5, 5.41) is 0.646. The molecule has 0 bridgehead atoms. The maximum absolute atomic E-state index is 14.0. The fourth-order valence-electron chi connectivity index (χ4n) is 3.99. The highest BCUT2D eigenvalue weighted by Gasteiger charge is 2.26. The van der Waals surface area contributed by atoms with Crippen LogP contribution >= 0.6 is 11.6 Å². The summed E-state index contributed by atoms with van der Waals surface area (Å²) in [4.78, 5) is 15.2. The van der Waals surface area contributed by atoms with Crippen molar-refractivity contribution in [2.45, 2.75) is 26.7 Å². The molecule has 150 valence electrons. The molecular formula is C24H24ClFN2O. The molecule has 1 aromatic heterocycles. The fourth-order valence-corrected chi connectivity index (χ4v) is 4.11. The van der Waals surface area contributed by atoms with Crippen LogP contribution in [0.4, 0.5) is 4.39 Å². The molecule has 2 heterocycles. The predicted molar refractivity (Wildman–Crippen MR) is 115 cm³/mol. The molecule has 1 aliphatic rings. The van der Waals surface area contributed by atoms with Crippen molar-refractivity contribution in [1.82, 2.24) is 9.47 Å². The normalized spacial score (nSPS) is 15.0. The van der Waals surface area contributed by atoms with Gasteiger partial charge in [0.05, 0.1) is 11.3 Å². The largest absolute Gasteiger partial charge is 0.339 e. The van der Waals surface area contributed by atoms with Gasteiger partial charge in [-0.3, -0.25) is 4.79 Å². The first kappa shape index (κ1) is 19.7. The van der Waals surface area contributed by atoms with Gasteiger partial charge >= 0.3 is 0 Å². The van der Waals surface area contributed by atoms with E-state index in [4.69, 9.17) is 11.6 Å². The average Bonchev–Trinajstić information content (AvgIpc) is 3.06. The fraction of sp³-hybridized carbons (Fsp3) is 0.292. The van der Waals surface area contributed by atoms with Crippen LogP contribution in [0.5, 0.6) is 0 Å². The Morgan fingerprint density at radius 2 is 1.76 bits per heavy atom. The van der Waals surface area contributed by atoms with E-state index >= 15 is 0 Å². The number of piperidine rings is 1. The number of benzene rings is 2. The molecule has 0 spiro atoms. The minimum atomic E-state index is -0.310. The monoisotopic (exact) mass is 410 g/mol. The molecule has 0 atom stereocenters. The van der Waals surface area contributed by atoms with E-state index in [9.17, 15) is 9.18 Å². The van der Waals surface area contributed by atoms with Gasteiger partial charge in [0.25, 0.3) is 5.91 Å². The lowest BCUT2D eigenvalue weighted by molar-refractivity contribution is 0.0696. The molecule has 0 N–H and O–H groups in total. The number of rotatable bonds is 3. The lowest BCUT2D eigenvalue weighted by atomic mass is 9.98. The molecule has 3 aromatic rings.